The zero-order valence-corrected chi connectivity index (χ0v) is 22.7. The average Bonchev–Trinajstić information content (AvgIpc) is 3.15. The first kappa shape index (κ1) is 28.9. The van der Waals surface area contributed by atoms with Crippen LogP contribution in [-0.4, -0.2) is 73.1 Å². The molecule has 10 nitrogen and oxygen atoms in total. The molecule has 3 rings (SSSR count). The van der Waals surface area contributed by atoms with Gasteiger partial charge in [-0.3, -0.25) is 9.59 Å². The second-order valence-corrected chi connectivity index (χ2v) is 13.0. The molecule has 1 aliphatic carbocycles. The third-order valence-electron chi connectivity index (χ3n) is 7.04. The van der Waals surface area contributed by atoms with Gasteiger partial charge in [-0.05, 0) is 51.0 Å². The summed E-state index contributed by atoms with van der Waals surface area (Å²) >= 11 is 0. The maximum atomic E-state index is 12.7. The lowest BCUT2D eigenvalue weighted by molar-refractivity contribution is -0.149. The van der Waals surface area contributed by atoms with E-state index in [2.05, 4.69) is 5.32 Å². The SMILES string of the molecule is CCS(=O)(=O)C[C@@H]1C[C@H](NC(=O)OC(C)(C)CC(=O)OCc2ccccc2)CC[C@@H]1N1CC[C@H](N)C1=O. The molecule has 0 aromatic heterocycles. The van der Waals surface area contributed by atoms with Crippen molar-refractivity contribution in [1.29, 1.82) is 0 Å². The topological polar surface area (TPSA) is 145 Å². The first-order chi connectivity index (χ1) is 17.4. The molecule has 0 spiro atoms. The van der Waals surface area contributed by atoms with E-state index in [1.54, 1.807) is 25.7 Å². The van der Waals surface area contributed by atoms with Crippen molar-refractivity contribution in [2.24, 2.45) is 11.7 Å². The number of nitrogens with two attached hydrogens (primary N) is 1. The zero-order chi connectivity index (χ0) is 27.2. The van der Waals surface area contributed by atoms with Crippen molar-refractivity contribution in [3.05, 3.63) is 35.9 Å². The van der Waals surface area contributed by atoms with E-state index in [1.165, 1.54) is 0 Å². The Balaban J connectivity index is 1.55. The summed E-state index contributed by atoms with van der Waals surface area (Å²) in [6.45, 7) is 5.52. The molecule has 0 radical (unpaired) electrons. The molecule has 3 N–H and O–H groups in total. The van der Waals surface area contributed by atoms with Gasteiger partial charge >= 0.3 is 12.1 Å². The van der Waals surface area contributed by atoms with Gasteiger partial charge in [-0.15, -0.1) is 0 Å². The Hall–Kier alpha value is -2.66. The quantitative estimate of drug-likeness (QED) is 0.432. The second-order valence-electron chi connectivity index (χ2n) is 10.6. The Morgan fingerprint density at radius 1 is 1.16 bits per heavy atom. The first-order valence-corrected chi connectivity index (χ1v) is 14.7. The molecule has 2 amide bonds. The third kappa shape index (κ3) is 8.43. The fourth-order valence-electron chi connectivity index (χ4n) is 5.09. The number of nitrogens with zero attached hydrogens (tertiary/aromatic N) is 1. The number of esters is 1. The predicted molar refractivity (Wildman–Crippen MR) is 138 cm³/mol. The van der Waals surface area contributed by atoms with Crippen LogP contribution in [0.1, 0.15) is 58.4 Å². The van der Waals surface area contributed by atoms with Gasteiger partial charge in [-0.25, -0.2) is 13.2 Å². The Labute approximate surface area is 219 Å². The minimum atomic E-state index is -3.30. The molecule has 4 atom stereocenters. The summed E-state index contributed by atoms with van der Waals surface area (Å²) in [6.07, 6.45) is 1.29. The van der Waals surface area contributed by atoms with Crippen LogP contribution >= 0.6 is 0 Å². The number of sulfone groups is 1. The van der Waals surface area contributed by atoms with Crippen molar-refractivity contribution in [1.82, 2.24) is 10.2 Å². The van der Waals surface area contributed by atoms with Crippen LogP contribution in [0.3, 0.4) is 0 Å². The second kappa shape index (κ2) is 12.3. The maximum Gasteiger partial charge on any atom is 0.407 e. The molecule has 0 bridgehead atoms. The van der Waals surface area contributed by atoms with Gasteiger partial charge in [-0.2, -0.15) is 0 Å². The summed E-state index contributed by atoms with van der Waals surface area (Å²) in [5.41, 5.74) is 5.66. The summed E-state index contributed by atoms with van der Waals surface area (Å²) in [7, 11) is -3.30. The number of benzene rings is 1. The molecule has 1 saturated heterocycles. The normalized spacial score (nSPS) is 24.5. The lowest BCUT2D eigenvalue weighted by atomic mass is 9.81. The number of rotatable bonds is 10. The van der Waals surface area contributed by atoms with E-state index in [0.717, 1.165) is 5.56 Å². The maximum absolute atomic E-state index is 12.7. The monoisotopic (exact) mass is 537 g/mol. The summed E-state index contributed by atoms with van der Waals surface area (Å²) in [4.78, 5) is 39.2. The number of carbonyl (C=O) groups excluding carboxylic acids is 3. The molecule has 1 heterocycles. The van der Waals surface area contributed by atoms with Crippen LogP contribution in [-0.2, 0) is 35.5 Å². The Kier molecular flexibility index (Phi) is 9.57. The number of carbonyl (C=O) groups is 3. The highest BCUT2D eigenvalue weighted by molar-refractivity contribution is 7.91. The number of likely N-dealkylation sites (tertiary alicyclic amines) is 1. The van der Waals surface area contributed by atoms with Gasteiger partial charge in [0.1, 0.15) is 22.0 Å². The Morgan fingerprint density at radius 3 is 2.49 bits per heavy atom. The van der Waals surface area contributed by atoms with E-state index >= 15 is 0 Å². The molecule has 2 fully saturated rings. The molecule has 2 aliphatic rings. The van der Waals surface area contributed by atoms with Crippen LogP contribution in [0, 0.1) is 5.92 Å². The molecule has 1 aromatic carbocycles. The van der Waals surface area contributed by atoms with Gasteiger partial charge in [0, 0.05) is 24.4 Å². The van der Waals surface area contributed by atoms with E-state index in [-0.39, 0.29) is 48.4 Å². The van der Waals surface area contributed by atoms with Crippen molar-refractivity contribution in [2.75, 3.05) is 18.1 Å². The highest BCUT2D eigenvalue weighted by Crippen LogP contribution is 2.33. The number of hydrogen-bond donors (Lipinski definition) is 2. The van der Waals surface area contributed by atoms with E-state index < -0.39 is 33.5 Å². The highest BCUT2D eigenvalue weighted by Gasteiger charge is 2.42. The van der Waals surface area contributed by atoms with Gasteiger partial charge in [0.05, 0.1) is 18.2 Å². The summed E-state index contributed by atoms with van der Waals surface area (Å²) in [5, 5.41) is 2.83. The number of nitrogens with one attached hydrogen (secondary N) is 1. The van der Waals surface area contributed by atoms with Gasteiger partial charge in [0.15, 0.2) is 0 Å². The van der Waals surface area contributed by atoms with Crippen molar-refractivity contribution >= 4 is 27.8 Å². The third-order valence-corrected chi connectivity index (χ3v) is 8.85. The van der Waals surface area contributed by atoms with Crippen LogP contribution in [0.4, 0.5) is 4.79 Å². The van der Waals surface area contributed by atoms with E-state index in [9.17, 15) is 22.8 Å². The number of ether oxygens (including phenoxy) is 2. The highest BCUT2D eigenvalue weighted by atomic mass is 32.2. The van der Waals surface area contributed by atoms with Crippen LogP contribution in [0.2, 0.25) is 0 Å². The van der Waals surface area contributed by atoms with Crippen molar-refractivity contribution in [3.8, 4) is 0 Å². The number of alkyl carbamates (subject to hydrolysis) is 1. The molecule has 1 aliphatic heterocycles. The molecule has 37 heavy (non-hydrogen) atoms. The summed E-state index contributed by atoms with van der Waals surface area (Å²) in [5.74, 6) is -0.993. The van der Waals surface area contributed by atoms with Gasteiger partial charge < -0.3 is 25.4 Å². The minimum absolute atomic E-state index is 0.0123. The number of hydrogen-bond acceptors (Lipinski definition) is 8. The van der Waals surface area contributed by atoms with Crippen LogP contribution in [0.15, 0.2) is 30.3 Å². The number of amides is 2. The van der Waals surface area contributed by atoms with Gasteiger partial charge in [0.2, 0.25) is 5.91 Å². The van der Waals surface area contributed by atoms with Crippen LogP contribution < -0.4 is 11.1 Å². The standard InChI is InChI=1S/C26H39N3O7S/c1-4-37(33,34)17-19-14-20(10-11-22(19)29-13-12-21(27)24(29)31)28-25(32)36-26(2,3)15-23(30)35-16-18-8-6-5-7-9-18/h5-9,19-22H,4,10-17,27H2,1-3H3,(H,28,32)/t19-,20+,21-,22-/m0/s1. The summed E-state index contributed by atoms with van der Waals surface area (Å²) < 4.78 is 35.7. The molecule has 1 aromatic rings. The molecule has 206 valence electrons. The summed E-state index contributed by atoms with van der Waals surface area (Å²) in [6, 6.07) is 8.20. The van der Waals surface area contributed by atoms with Crippen molar-refractivity contribution in [2.45, 2.75) is 83.2 Å². The largest absolute Gasteiger partial charge is 0.461 e. The smallest absolute Gasteiger partial charge is 0.407 e. The first-order valence-electron chi connectivity index (χ1n) is 12.8. The minimum Gasteiger partial charge on any atom is -0.461 e. The van der Waals surface area contributed by atoms with E-state index in [4.69, 9.17) is 15.2 Å². The lowest BCUT2D eigenvalue weighted by Gasteiger charge is -2.41. The van der Waals surface area contributed by atoms with Gasteiger partial charge in [-0.1, -0.05) is 37.3 Å². The van der Waals surface area contributed by atoms with Gasteiger partial charge in [0.25, 0.3) is 0 Å². The molecule has 11 heteroatoms. The predicted octanol–water partition coefficient (Wildman–Crippen LogP) is 2.16. The van der Waals surface area contributed by atoms with E-state index in [1.807, 2.05) is 30.3 Å². The molecule has 0 unspecified atom stereocenters. The fourth-order valence-corrected chi connectivity index (χ4v) is 6.33. The van der Waals surface area contributed by atoms with Crippen molar-refractivity contribution in [3.63, 3.8) is 0 Å². The average molecular weight is 538 g/mol. The lowest BCUT2D eigenvalue weighted by Crippen LogP contribution is -2.52. The molecular formula is C26H39N3O7S. The Morgan fingerprint density at radius 2 is 1.86 bits per heavy atom. The Bertz CT molecular complexity index is 1060. The molecular weight excluding hydrogens is 498 g/mol. The van der Waals surface area contributed by atoms with Crippen molar-refractivity contribution < 1.29 is 32.3 Å². The fraction of sp³-hybridized carbons (Fsp3) is 0.654. The zero-order valence-electron chi connectivity index (χ0n) is 21.9. The van der Waals surface area contributed by atoms with E-state index in [0.29, 0.717) is 32.2 Å². The van der Waals surface area contributed by atoms with Crippen LogP contribution in [0.25, 0.3) is 0 Å². The molecule has 1 saturated carbocycles. The van der Waals surface area contributed by atoms with Crippen LogP contribution in [0.5, 0.6) is 0 Å².